The summed E-state index contributed by atoms with van der Waals surface area (Å²) in [6, 6.07) is 16.9. The van der Waals surface area contributed by atoms with Gasteiger partial charge in [0.25, 0.3) is 5.69 Å². The highest BCUT2D eigenvalue weighted by atomic mass is 16.6. The number of fused-ring (bicyclic) bond motifs is 2. The summed E-state index contributed by atoms with van der Waals surface area (Å²) < 4.78 is 17.3. The average molecular weight is 1060 g/mol. The molecular formula is C55H74N8O13. The number of likely N-dealkylation sites (N-methyl/N-ethyl adjacent to an activating group) is 1. The molecule has 0 aromatic heterocycles. The van der Waals surface area contributed by atoms with E-state index in [2.05, 4.69) is 21.3 Å². The highest BCUT2D eigenvalue weighted by Gasteiger charge is 2.52. The van der Waals surface area contributed by atoms with Crippen LogP contribution in [0.15, 0.2) is 78.9 Å². The van der Waals surface area contributed by atoms with Crippen molar-refractivity contribution in [2.45, 2.75) is 141 Å². The molecule has 2 aliphatic heterocycles. The van der Waals surface area contributed by atoms with Crippen LogP contribution in [0.5, 0.6) is 5.75 Å². The third-order valence-electron chi connectivity index (χ3n) is 15.4. The molecular weight excluding hydrogens is 981 g/mol. The topological polar surface area (TPSA) is 268 Å². The number of hydrogen-bond acceptors (Lipinski definition) is 12. The van der Waals surface area contributed by atoms with E-state index in [1.54, 1.807) is 48.0 Å². The fraction of sp³-hybridized carbons (Fsp3) is 0.545. The van der Waals surface area contributed by atoms with Crippen LogP contribution in [0.25, 0.3) is 0 Å². The minimum Gasteiger partial charge on any atom is -0.465 e. The Morgan fingerprint density at radius 2 is 1.54 bits per heavy atom. The van der Waals surface area contributed by atoms with Gasteiger partial charge >= 0.3 is 12.2 Å². The van der Waals surface area contributed by atoms with Crippen LogP contribution < -0.4 is 26.0 Å². The molecule has 3 aromatic carbocycles. The first-order chi connectivity index (χ1) is 36.3. The van der Waals surface area contributed by atoms with Crippen molar-refractivity contribution in [3.05, 3.63) is 100 Å². The van der Waals surface area contributed by atoms with Crippen LogP contribution >= 0.6 is 0 Å². The molecule has 3 aromatic rings. The van der Waals surface area contributed by atoms with E-state index < -0.39 is 83.2 Å². The van der Waals surface area contributed by atoms with E-state index in [-0.39, 0.29) is 66.4 Å². The highest BCUT2D eigenvalue weighted by molar-refractivity contribution is 5.98. The van der Waals surface area contributed by atoms with Gasteiger partial charge in [-0.25, -0.2) is 9.59 Å². The molecule has 21 nitrogen and oxygen atoms in total. The molecule has 76 heavy (non-hydrogen) atoms. The van der Waals surface area contributed by atoms with E-state index in [9.17, 15) is 48.8 Å². The number of amides is 7. The van der Waals surface area contributed by atoms with Gasteiger partial charge in [-0.3, -0.25) is 39.0 Å². The minimum atomic E-state index is -1.15. The molecule has 0 spiro atoms. The number of anilines is 1. The van der Waals surface area contributed by atoms with Gasteiger partial charge in [0, 0.05) is 64.6 Å². The summed E-state index contributed by atoms with van der Waals surface area (Å²) in [7, 11) is 4.64. The van der Waals surface area contributed by atoms with Gasteiger partial charge < -0.3 is 50.4 Å². The average Bonchev–Trinajstić information content (AvgIpc) is 4.18. The largest absolute Gasteiger partial charge is 0.465 e. The van der Waals surface area contributed by atoms with Crippen molar-refractivity contribution in [1.82, 2.24) is 30.7 Å². The van der Waals surface area contributed by atoms with E-state index in [0.717, 1.165) is 12.0 Å². The van der Waals surface area contributed by atoms with Crippen molar-refractivity contribution in [3.8, 4) is 5.75 Å². The van der Waals surface area contributed by atoms with E-state index in [0.29, 0.717) is 49.9 Å². The summed E-state index contributed by atoms with van der Waals surface area (Å²) >= 11 is 0. The maximum atomic E-state index is 14.5. The lowest BCUT2D eigenvalue weighted by molar-refractivity contribution is -0.384. The molecule has 3 aliphatic rings. The molecule has 6 unspecified atom stereocenters. The Bertz CT molecular complexity index is 2510. The quantitative estimate of drug-likeness (QED) is 0.0499. The van der Waals surface area contributed by atoms with Gasteiger partial charge in [0.05, 0.1) is 41.6 Å². The van der Waals surface area contributed by atoms with Crippen molar-refractivity contribution in [2.75, 3.05) is 33.1 Å². The Hall–Kier alpha value is -7.13. The van der Waals surface area contributed by atoms with Gasteiger partial charge in [-0.15, -0.1) is 0 Å². The predicted molar refractivity (Wildman–Crippen MR) is 281 cm³/mol. The van der Waals surface area contributed by atoms with Gasteiger partial charge in [0.1, 0.15) is 23.9 Å². The standard InChI is InChI=1S/C55H74N8O13/c1-9-33(4)47(60(6)53(68)46(32(2)3)59-52(67)48-37-19-22-40(29-37)62(48)55(70)71)44(74-7)30-45(64)61-27-13-16-43(61)49(75-8)34(5)50(65)58-42(28-35-14-11-10-12-15-35)51(66)57-38-20-17-36(18-21-38)31-56-54(69)76-41-25-23-39(24-26-41)63(72)73/h10-12,14-15,17-18,20-21,23-26,32-34,37,40,42-44,46-49H,9,13,16,19,22,27-31H2,1-8H3,(H,56,69)(H,57,66)(H,58,65)(H,59,67)(H,70,71)/t33-,34+,37?,40?,42?,43?,44+,46?,47-,48?,49+/m0/s1. The summed E-state index contributed by atoms with van der Waals surface area (Å²) in [6.45, 7) is 9.79. The SMILES string of the molecule is CC[C@H](C)[C@@H]([C@@H](CC(=O)N1CCCC1[C@H](OC)[C@@H](C)C(=O)NC(Cc1ccccc1)C(=O)Nc1ccc(CNC(=O)Oc2ccc([N+](=O)[O-])cc2)cc1)OC)N(C)C(=O)C(NC(=O)C1C2CCC(C2)N1C(=O)O)C(C)C. The van der Waals surface area contributed by atoms with Crippen molar-refractivity contribution in [1.29, 1.82) is 0 Å². The van der Waals surface area contributed by atoms with Crippen LogP contribution in [0, 0.1) is 33.8 Å². The third kappa shape index (κ3) is 14.2. The van der Waals surface area contributed by atoms with Gasteiger partial charge in [0.15, 0.2) is 0 Å². The number of nitro groups is 1. The third-order valence-corrected chi connectivity index (χ3v) is 15.4. The molecule has 412 valence electrons. The number of likely N-dealkylation sites (tertiary alicyclic amines) is 2. The Labute approximate surface area is 443 Å². The molecule has 2 saturated heterocycles. The lowest BCUT2D eigenvalue weighted by Gasteiger charge is -2.41. The van der Waals surface area contributed by atoms with Crippen LogP contribution in [-0.4, -0.2) is 143 Å². The summed E-state index contributed by atoms with van der Waals surface area (Å²) in [5.74, 6) is -3.34. The van der Waals surface area contributed by atoms with E-state index in [4.69, 9.17) is 14.2 Å². The zero-order chi connectivity index (χ0) is 55.4. The zero-order valence-corrected chi connectivity index (χ0v) is 44.6. The molecule has 3 fully saturated rings. The number of carbonyl (C=O) groups excluding carboxylic acids is 6. The first-order valence-corrected chi connectivity index (χ1v) is 26.1. The number of carbonyl (C=O) groups is 7. The Morgan fingerprint density at radius 3 is 2.14 bits per heavy atom. The van der Waals surface area contributed by atoms with Crippen molar-refractivity contribution < 1.29 is 57.8 Å². The number of nitrogens with zero attached hydrogens (tertiary/aromatic N) is 4. The fourth-order valence-electron chi connectivity index (χ4n) is 11.1. The van der Waals surface area contributed by atoms with Crippen molar-refractivity contribution >= 4 is 53.1 Å². The second kappa shape index (κ2) is 26.6. The molecule has 21 heteroatoms. The molecule has 0 radical (unpaired) electrons. The van der Waals surface area contributed by atoms with E-state index >= 15 is 0 Å². The molecule has 2 bridgehead atoms. The van der Waals surface area contributed by atoms with Crippen LogP contribution in [0.2, 0.25) is 0 Å². The second-order valence-electron chi connectivity index (χ2n) is 20.6. The number of methoxy groups -OCH3 is 2. The number of rotatable bonds is 24. The maximum absolute atomic E-state index is 14.5. The molecule has 11 atom stereocenters. The molecule has 2 heterocycles. The minimum absolute atomic E-state index is 0.0833. The monoisotopic (exact) mass is 1050 g/mol. The summed E-state index contributed by atoms with van der Waals surface area (Å²) in [5.41, 5.74) is 1.78. The summed E-state index contributed by atoms with van der Waals surface area (Å²) in [4.78, 5) is 111. The number of nitrogens with one attached hydrogen (secondary N) is 4. The predicted octanol–water partition coefficient (Wildman–Crippen LogP) is 6.14. The maximum Gasteiger partial charge on any atom is 0.412 e. The van der Waals surface area contributed by atoms with Crippen molar-refractivity contribution in [2.24, 2.45) is 23.7 Å². The smallest absolute Gasteiger partial charge is 0.412 e. The number of carboxylic acid groups (broad SMARTS) is 1. The Kier molecular flexibility index (Phi) is 20.3. The lowest BCUT2D eigenvalue weighted by atomic mass is 9.89. The number of nitro benzene ring substituents is 1. The van der Waals surface area contributed by atoms with Crippen LogP contribution in [0.4, 0.5) is 21.0 Å². The Balaban J connectivity index is 1.09. The number of piperidine rings is 1. The number of non-ortho nitro benzene ring substituents is 1. The lowest BCUT2D eigenvalue weighted by Crippen LogP contribution is -2.60. The normalized spacial score (nSPS) is 20.6. The first kappa shape index (κ1) is 58.1. The van der Waals surface area contributed by atoms with Gasteiger partial charge in [0.2, 0.25) is 29.5 Å². The van der Waals surface area contributed by atoms with Gasteiger partial charge in [-0.2, -0.15) is 0 Å². The molecule has 1 aliphatic carbocycles. The summed E-state index contributed by atoms with van der Waals surface area (Å²) in [5, 5.41) is 32.3. The molecule has 6 rings (SSSR count). The second-order valence-corrected chi connectivity index (χ2v) is 20.6. The first-order valence-electron chi connectivity index (χ1n) is 26.1. The van der Waals surface area contributed by atoms with Crippen LogP contribution in [0.1, 0.15) is 90.7 Å². The summed E-state index contributed by atoms with van der Waals surface area (Å²) in [6.07, 6.45) is 0.535. The van der Waals surface area contributed by atoms with E-state index in [1.807, 2.05) is 58.0 Å². The van der Waals surface area contributed by atoms with Crippen LogP contribution in [0.3, 0.4) is 0 Å². The van der Waals surface area contributed by atoms with E-state index in [1.165, 1.54) is 43.4 Å². The van der Waals surface area contributed by atoms with Gasteiger partial charge in [-0.1, -0.05) is 83.5 Å². The van der Waals surface area contributed by atoms with Gasteiger partial charge in [-0.05, 0) is 85.3 Å². The molecule has 7 amide bonds. The fourth-order valence-corrected chi connectivity index (χ4v) is 11.1. The van der Waals surface area contributed by atoms with Crippen LogP contribution in [-0.2, 0) is 46.4 Å². The number of benzene rings is 3. The van der Waals surface area contributed by atoms with Crippen molar-refractivity contribution in [3.63, 3.8) is 0 Å². The highest BCUT2D eigenvalue weighted by Crippen LogP contribution is 2.42. The number of hydrogen-bond donors (Lipinski definition) is 5. The molecule has 1 saturated carbocycles. The Morgan fingerprint density at radius 1 is 0.855 bits per heavy atom. The molecule has 5 N–H and O–H groups in total. The number of ether oxygens (including phenoxy) is 3. The zero-order valence-electron chi connectivity index (χ0n) is 44.6.